The molecule has 2 rings (SSSR count). The summed E-state index contributed by atoms with van der Waals surface area (Å²) in [6.45, 7) is 3.73. The molecule has 0 saturated carbocycles. The van der Waals surface area contributed by atoms with Gasteiger partial charge in [0.1, 0.15) is 11.6 Å². The highest BCUT2D eigenvalue weighted by Crippen LogP contribution is 2.25. The summed E-state index contributed by atoms with van der Waals surface area (Å²) < 4.78 is 28.4. The highest BCUT2D eigenvalue weighted by atomic mass is 79.9. The highest BCUT2D eigenvalue weighted by molar-refractivity contribution is 9.10. The minimum atomic E-state index is -0.270. The lowest BCUT2D eigenvalue weighted by Crippen LogP contribution is -2.24. The predicted molar refractivity (Wildman–Crippen MR) is 80.5 cm³/mol. The monoisotopic (exact) mass is 339 g/mol. The molecule has 0 aliphatic rings. The van der Waals surface area contributed by atoms with Crippen LogP contribution < -0.4 is 5.32 Å². The Balaban J connectivity index is 2.17. The predicted octanol–water partition coefficient (Wildman–Crippen LogP) is 5.14. The maximum absolute atomic E-state index is 13.8. The van der Waals surface area contributed by atoms with Gasteiger partial charge in [0.2, 0.25) is 0 Å². The highest BCUT2D eigenvalue weighted by Gasteiger charge is 2.16. The van der Waals surface area contributed by atoms with Gasteiger partial charge in [-0.2, -0.15) is 0 Å². The molecule has 0 spiro atoms. The van der Waals surface area contributed by atoms with Crippen molar-refractivity contribution in [2.24, 2.45) is 0 Å². The molecule has 0 saturated heterocycles. The lowest BCUT2D eigenvalue weighted by molar-refractivity contribution is 0.459. The first-order chi connectivity index (χ1) is 9.49. The van der Waals surface area contributed by atoms with Crippen LogP contribution in [0.1, 0.15) is 37.1 Å². The molecule has 0 bridgehead atoms. The Morgan fingerprint density at radius 2 is 1.50 bits per heavy atom. The molecule has 0 aliphatic carbocycles. The average molecular weight is 340 g/mol. The number of rotatable bonds is 4. The Morgan fingerprint density at radius 1 is 0.900 bits per heavy atom. The van der Waals surface area contributed by atoms with Crippen molar-refractivity contribution in [1.82, 2.24) is 5.32 Å². The summed E-state index contributed by atoms with van der Waals surface area (Å²) in [5, 5.41) is 3.22. The fourth-order valence-electron chi connectivity index (χ4n) is 2.23. The average Bonchev–Trinajstić information content (AvgIpc) is 2.41. The summed E-state index contributed by atoms with van der Waals surface area (Å²) in [5.74, 6) is -0.525. The van der Waals surface area contributed by atoms with Crippen LogP contribution in [0.25, 0.3) is 0 Å². The molecular weight excluding hydrogens is 324 g/mol. The maximum Gasteiger partial charge on any atom is 0.128 e. The molecule has 20 heavy (non-hydrogen) atoms. The molecule has 0 heterocycles. The van der Waals surface area contributed by atoms with Gasteiger partial charge in [-0.15, -0.1) is 0 Å². The van der Waals surface area contributed by atoms with Crippen LogP contribution in [0.2, 0.25) is 0 Å². The number of nitrogens with one attached hydrogen (secondary N) is 1. The Labute approximate surface area is 126 Å². The second-order valence-corrected chi connectivity index (χ2v) is 5.71. The molecule has 2 aromatic rings. The number of halogens is 3. The van der Waals surface area contributed by atoms with E-state index in [1.165, 1.54) is 12.1 Å². The Bertz CT molecular complexity index is 601. The minimum absolute atomic E-state index is 0.204. The summed E-state index contributed by atoms with van der Waals surface area (Å²) in [6.07, 6.45) is 0. The van der Waals surface area contributed by atoms with Crippen molar-refractivity contribution in [3.05, 3.63) is 69.7 Å². The van der Waals surface area contributed by atoms with Crippen LogP contribution in [0.5, 0.6) is 0 Å². The van der Waals surface area contributed by atoms with E-state index in [4.69, 9.17) is 0 Å². The van der Waals surface area contributed by atoms with E-state index in [0.29, 0.717) is 11.1 Å². The summed E-state index contributed by atoms with van der Waals surface area (Å²) in [7, 11) is 0. The van der Waals surface area contributed by atoms with Crippen LogP contribution in [-0.2, 0) is 0 Å². The van der Waals surface area contributed by atoms with Gasteiger partial charge < -0.3 is 5.32 Å². The quantitative estimate of drug-likeness (QED) is 0.813. The van der Waals surface area contributed by atoms with Crippen molar-refractivity contribution >= 4 is 15.9 Å². The van der Waals surface area contributed by atoms with Gasteiger partial charge in [-0.1, -0.05) is 34.1 Å². The third-order valence-corrected chi connectivity index (χ3v) is 3.79. The van der Waals surface area contributed by atoms with Crippen LogP contribution in [0.4, 0.5) is 8.78 Å². The van der Waals surface area contributed by atoms with Gasteiger partial charge in [0, 0.05) is 27.7 Å². The topological polar surface area (TPSA) is 12.0 Å². The molecule has 2 aromatic carbocycles. The van der Waals surface area contributed by atoms with Gasteiger partial charge in [0.25, 0.3) is 0 Å². The first kappa shape index (κ1) is 15.1. The lowest BCUT2D eigenvalue weighted by Gasteiger charge is -2.21. The van der Waals surface area contributed by atoms with Gasteiger partial charge in [0.05, 0.1) is 0 Å². The van der Waals surface area contributed by atoms with E-state index in [-0.39, 0.29) is 23.7 Å². The summed E-state index contributed by atoms with van der Waals surface area (Å²) >= 11 is 3.33. The summed E-state index contributed by atoms with van der Waals surface area (Å²) in [5.41, 5.74) is 1.14. The van der Waals surface area contributed by atoms with Crippen LogP contribution in [-0.4, -0.2) is 0 Å². The zero-order chi connectivity index (χ0) is 14.7. The number of benzene rings is 2. The third kappa shape index (κ3) is 3.44. The van der Waals surface area contributed by atoms with E-state index < -0.39 is 0 Å². The second kappa shape index (κ2) is 6.46. The van der Waals surface area contributed by atoms with Gasteiger partial charge in [0.15, 0.2) is 0 Å². The van der Waals surface area contributed by atoms with Crippen molar-refractivity contribution < 1.29 is 8.78 Å². The van der Waals surface area contributed by atoms with Gasteiger partial charge in [-0.3, -0.25) is 0 Å². The van der Waals surface area contributed by atoms with Crippen molar-refractivity contribution in [1.29, 1.82) is 0 Å². The molecule has 1 N–H and O–H groups in total. The molecule has 0 aromatic heterocycles. The van der Waals surface area contributed by atoms with Crippen LogP contribution in [0, 0.1) is 11.6 Å². The molecule has 0 radical (unpaired) electrons. The Hall–Kier alpha value is -1.26. The fraction of sp³-hybridized carbons (Fsp3) is 0.250. The zero-order valence-corrected chi connectivity index (χ0v) is 12.9. The van der Waals surface area contributed by atoms with E-state index in [2.05, 4.69) is 21.2 Å². The van der Waals surface area contributed by atoms with E-state index in [0.717, 1.165) is 4.47 Å². The molecule has 106 valence electrons. The number of hydrogen-bond donors (Lipinski definition) is 1. The van der Waals surface area contributed by atoms with Crippen molar-refractivity contribution in [3.8, 4) is 0 Å². The van der Waals surface area contributed by atoms with E-state index in [1.54, 1.807) is 30.3 Å². The molecule has 1 nitrogen and oxygen atoms in total. The second-order valence-electron chi connectivity index (χ2n) is 4.80. The summed E-state index contributed by atoms with van der Waals surface area (Å²) in [4.78, 5) is 0. The van der Waals surface area contributed by atoms with E-state index in [9.17, 15) is 8.78 Å². The summed E-state index contributed by atoms with van der Waals surface area (Å²) in [6, 6.07) is 11.0. The SMILES string of the molecule is CC(NC(C)c1cc(Br)ccc1F)c1ccccc1F. The molecule has 0 fully saturated rings. The fourth-order valence-corrected chi connectivity index (χ4v) is 2.61. The molecule has 2 atom stereocenters. The van der Waals surface area contributed by atoms with Crippen molar-refractivity contribution in [2.75, 3.05) is 0 Å². The maximum atomic E-state index is 13.8. The lowest BCUT2D eigenvalue weighted by atomic mass is 10.0. The Morgan fingerprint density at radius 3 is 2.20 bits per heavy atom. The first-order valence-electron chi connectivity index (χ1n) is 6.44. The molecule has 4 heteroatoms. The van der Waals surface area contributed by atoms with Crippen LogP contribution in [0.15, 0.2) is 46.9 Å². The van der Waals surface area contributed by atoms with E-state index >= 15 is 0 Å². The van der Waals surface area contributed by atoms with E-state index in [1.807, 2.05) is 13.8 Å². The largest absolute Gasteiger partial charge is 0.303 e. The van der Waals surface area contributed by atoms with Crippen molar-refractivity contribution in [2.45, 2.75) is 25.9 Å². The molecule has 0 amide bonds. The van der Waals surface area contributed by atoms with Gasteiger partial charge in [-0.25, -0.2) is 8.78 Å². The normalized spacial score (nSPS) is 14.1. The smallest absolute Gasteiger partial charge is 0.128 e. The third-order valence-electron chi connectivity index (χ3n) is 3.30. The van der Waals surface area contributed by atoms with Gasteiger partial charge in [-0.05, 0) is 38.1 Å². The molecular formula is C16H16BrF2N. The number of hydrogen-bond acceptors (Lipinski definition) is 1. The molecule has 0 aliphatic heterocycles. The van der Waals surface area contributed by atoms with Gasteiger partial charge >= 0.3 is 0 Å². The minimum Gasteiger partial charge on any atom is -0.303 e. The Kier molecular flexibility index (Phi) is 4.89. The standard InChI is InChI=1S/C16H16BrF2N/c1-10(13-5-3-4-6-15(13)18)20-11(2)14-9-12(17)7-8-16(14)19/h3-11,20H,1-2H3. The van der Waals surface area contributed by atoms with Crippen LogP contribution >= 0.6 is 15.9 Å². The first-order valence-corrected chi connectivity index (χ1v) is 7.23. The zero-order valence-electron chi connectivity index (χ0n) is 11.3. The van der Waals surface area contributed by atoms with Crippen molar-refractivity contribution in [3.63, 3.8) is 0 Å². The van der Waals surface area contributed by atoms with Crippen LogP contribution in [0.3, 0.4) is 0 Å². The molecule has 2 unspecified atom stereocenters.